The summed E-state index contributed by atoms with van der Waals surface area (Å²) in [5.41, 5.74) is 2.91. The van der Waals surface area contributed by atoms with E-state index in [1.54, 1.807) is 6.07 Å². The predicted molar refractivity (Wildman–Crippen MR) is 104 cm³/mol. The molecule has 1 aliphatic carbocycles. The van der Waals surface area contributed by atoms with Crippen LogP contribution in [0.4, 0.5) is 4.39 Å². The number of rotatable bonds is 6. The lowest BCUT2D eigenvalue weighted by atomic mass is 9.93. The van der Waals surface area contributed by atoms with Crippen LogP contribution in [-0.4, -0.2) is 24.4 Å². The number of hydrogen-bond acceptors (Lipinski definition) is 4. The fourth-order valence-corrected chi connectivity index (χ4v) is 3.42. The molecule has 0 saturated heterocycles. The van der Waals surface area contributed by atoms with Gasteiger partial charge in [0.2, 0.25) is 0 Å². The minimum atomic E-state index is -0.356. The second-order valence-corrected chi connectivity index (χ2v) is 6.69. The Hall–Kier alpha value is -2.07. The van der Waals surface area contributed by atoms with Gasteiger partial charge in [0.25, 0.3) is 0 Å². The van der Waals surface area contributed by atoms with Crippen LogP contribution in [0, 0.1) is 5.82 Å². The predicted octanol–water partition coefficient (Wildman–Crippen LogP) is 5.43. The van der Waals surface area contributed by atoms with E-state index in [4.69, 9.17) is 9.47 Å². The Bertz CT molecular complexity index is 779. The van der Waals surface area contributed by atoms with Gasteiger partial charge < -0.3 is 9.47 Å². The first-order valence-electron chi connectivity index (χ1n) is 8.81. The Morgan fingerprint density at radius 2 is 1.77 bits per heavy atom. The highest BCUT2D eigenvalue weighted by Gasteiger charge is 2.20. The van der Waals surface area contributed by atoms with Crippen molar-refractivity contribution in [1.29, 1.82) is 0 Å². The van der Waals surface area contributed by atoms with Crippen LogP contribution >= 0.6 is 12.2 Å². The monoisotopic (exact) mass is 371 g/mol. The Morgan fingerprint density at radius 1 is 1.08 bits per heavy atom. The van der Waals surface area contributed by atoms with Gasteiger partial charge in [-0.25, -0.2) is 9.38 Å². The lowest BCUT2D eigenvalue weighted by Gasteiger charge is -2.25. The second-order valence-electron chi connectivity index (χ2n) is 6.51. The summed E-state index contributed by atoms with van der Waals surface area (Å²) in [4.78, 5) is 4.17. The smallest absolute Gasteiger partial charge is 0.165 e. The van der Waals surface area contributed by atoms with Crippen LogP contribution in [0.1, 0.15) is 31.2 Å². The zero-order valence-corrected chi connectivity index (χ0v) is 15.6. The first-order chi connectivity index (χ1) is 12.7. The van der Waals surface area contributed by atoms with E-state index in [2.05, 4.69) is 22.4 Å². The lowest BCUT2D eigenvalue weighted by molar-refractivity contribution is 0.0140. The molecule has 1 saturated carbocycles. The first-order valence-corrected chi connectivity index (χ1v) is 9.22. The molecule has 0 heterocycles. The van der Waals surface area contributed by atoms with Gasteiger partial charge >= 0.3 is 0 Å². The largest absolute Gasteiger partial charge is 0.494 e. The first kappa shape index (κ1) is 18.7. The summed E-state index contributed by atoms with van der Waals surface area (Å²) in [5, 5.41) is 2.48. The van der Waals surface area contributed by atoms with Crippen molar-refractivity contribution in [1.82, 2.24) is 0 Å². The lowest BCUT2D eigenvalue weighted by Crippen LogP contribution is -2.23. The average molecular weight is 371 g/mol. The standard InChI is InChI=1S/C21H22FNO2S/c1-24-21-11-6-17(12-20(21)22)16-4-2-15(3-5-16)13-25-19-9-7-18(8-10-19)23-14-26/h2-6,11-12,18-19H,7-10,13H2,1H3/t18-,19-. The molecule has 2 aromatic carbocycles. The van der Waals surface area contributed by atoms with Crippen molar-refractivity contribution < 1.29 is 13.9 Å². The Kier molecular flexibility index (Phi) is 6.51. The summed E-state index contributed by atoms with van der Waals surface area (Å²) in [6.07, 6.45) is 4.32. The molecule has 0 amide bonds. The molecular weight excluding hydrogens is 349 g/mol. The van der Waals surface area contributed by atoms with E-state index in [1.165, 1.54) is 13.2 Å². The number of ether oxygens (including phenoxy) is 2. The average Bonchev–Trinajstić information content (AvgIpc) is 2.68. The molecule has 5 heteroatoms. The van der Waals surface area contributed by atoms with Gasteiger partial charge in [-0.15, -0.1) is 0 Å². The van der Waals surface area contributed by atoms with E-state index in [-0.39, 0.29) is 17.7 Å². The number of methoxy groups -OCH3 is 1. The molecule has 1 aliphatic rings. The number of isothiocyanates is 1. The maximum Gasteiger partial charge on any atom is 0.165 e. The molecule has 0 N–H and O–H groups in total. The molecule has 3 nitrogen and oxygen atoms in total. The number of halogens is 1. The van der Waals surface area contributed by atoms with E-state index >= 15 is 0 Å². The quantitative estimate of drug-likeness (QED) is 0.501. The molecule has 0 spiro atoms. The van der Waals surface area contributed by atoms with E-state index < -0.39 is 0 Å². The Morgan fingerprint density at radius 3 is 2.38 bits per heavy atom. The fraction of sp³-hybridized carbons (Fsp3) is 0.381. The molecule has 1 fully saturated rings. The normalized spacial score (nSPS) is 19.6. The fourth-order valence-electron chi connectivity index (χ4n) is 3.27. The molecule has 2 aromatic rings. The highest BCUT2D eigenvalue weighted by atomic mass is 32.1. The number of hydrogen-bond donors (Lipinski definition) is 0. The zero-order chi connectivity index (χ0) is 18.4. The van der Waals surface area contributed by atoms with Crippen molar-refractivity contribution in [3.05, 3.63) is 53.8 Å². The third-order valence-electron chi connectivity index (χ3n) is 4.80. The molecular formula is C21H22FNO2S. The highest BCUT2D eigenvalue weighted by Crippen LogP contribution is 2.27. The van der Waals surface area contributed by atoms with Crippen molar-refractivity contribution >= 4 is 17.4 Å². The van der Waals surface area contributed by atoms with Crippen LogP contribution in [0.3, 0.4) is 0 Å². The third-order valence-corrected chi connectivity index (χ3v) is 4.91. The van der Waals surface area contributed by atoms with Gasteiger partial charge in [0, 0.05) is 0 Å². The van der Waals surface area contributed by atoms with Crippen LogP contribution in [0.25, 0.3) is 11.1 Å². The van der Waals surface area contributed by atoms with E-state index in [0.717, 1.165) is 42.4 Å². The molecule has 3 rings (SSSR count). The summed E-state index contributed by atoms with van der Waals surface area (Å²) in [7, 11) is 1.46. The van der Waals surface area contributed by atoms with E-state index in [9.17, 15) is 4.39 Å². The Balaban J connectivity index is 1.55. The van der Waals surface area contributed by atoms with Gasteiger partial charge in [0.05, 0.1) is 31.0 Å². The zero-order valence-electron chi connectivity index (χ0n) is 14.8. The number of aliphatic imine (C=N–C) groups is 1. The van der Waals surface area contributed by atoms with Crippen LogP contribution in [0.5, 0.6) is 5.75 Å². The van der Waals surface area contributed by atoms with Crippen molar-refractivity contribution in [3.63, 3.8) is 0 Å². The van der Waals surface area contributed by atoms with E-state index in [1.807, 2.05) is 30.3 Å². The maximum absolute atomic E-state index is 13.9. The second kappa shape index (κ2) is 9.04. The summed E-state index contributed by atoms with van der Waals surface area (Å²) in [6.45, 7) is 0.586. The molecule has 0 atom stereocenters. The molecule has 26 heavy (non-hydrogen) atoms. The summed E-state index contributed by atoms with van der Waals surface area (Å²) in [5.74, 6) is -0.101. The summed E-state index contributed by atoms with van der Waals surface area (Å²) in [6, 6.07) is 13.3. The van der Waals surface area contributed by atoms with Gasteiger partial charge in [-0.05, 0) is 66.7 Å². The summed E-state index contributed by atoms with van der Waals surface area (Å²) >= 11 is 4.67. The third kappa shape index (κ3) is 4.76. The van der Waals surface area contributed by atoms with Gasteiger partial charge in [-0.1, -0.05) is 30.3 Å². The van der Waals surface area contributed by atoms with E-state index in [0.29, 0.717) is 12.6 Å². The minimum absolute atomic E-state index is 0.254. The van der Waals surface area contributed by atoms with Gasteiger partial charge in [-0.3, -0.25) is 0 Å². The van der Waals surface area contributed by atoms with Crippen LogP contribution in [0.2, 0.25) is 0 Å². The van der Waals surface area contributed by atoms with Gasteiger partial charge in [0.15, 0.2) is 11.6 Å². The van der Waals surface area contributed by atoms with Crippen molar-refractivity contribution in [3.8, 4) is 16.9 Å². The van der Waals surface area contributed by atoms with Crippen LogP contribution in [0.15, 0.2) is 47.5 Å². The van der Waals surface area contributed by atoms with Gasteiger partial charge in [0.1, 0.15) is 0 Å². The van der Waals surface area contributed by atoms with Crippen molar-refractivity contribution in [2.24, 2.45) is 4.99 Å². The molecule has 0 unspecified atom stereocenters. The molecule has 0 aromatic heterocycles. The number of thiocarbonyl (C=S) groups is 1. The van der Waals surface area contributed by atoms with Gasteiger partial charge in [-0.2, -0.15) is 0 Å². The number of benzene rings is 2. The maximum atomic E-state index is 13.9. The van der Waals surface area contributed by atoms with Crippen LogP contribution < -0.4 is 4.74 Å². The minimum Gasteiger partial charge on any atom is -0.494 e. The Labute approximate surface area is 158 Å². The van der Waals surface area contributed by atoms with Crippen molar-refractivity contribution in [2.45, 2.75) is 44.4 Å². The van der Waals surface area contributed by atoms with Crippen LogP contribution in [-0.2, 0) is 11.3 Å². The molecule has 0 bridgehead atoms. The molecule has 136 valence electrons. The molecule has 0 radical (unpaired) electrons. The number of nitrogens with zero attached hydrogens (tertiary/aromatic N) is 1. The SMILES string of the molecule is COc1ccc(-c2ccc(CO[C@H]3CC[C@H](N=C=S)CC3)cc2)cc1F. The topological polar surface area (TPSA) is 30.8 Å². The molecule has 0 aliphatic heterocycles. The highest BCUT2D eigenvalue weighted by molar-refractivity contribution is 7.78. The summed E-state index contributed by atoms with van der Waals surface area (Å²) < 4.78 is 24.8. The van der Waals surface area contributed by atoms with Crippen molar-refractivity contribution in [2.75, 3.05) is 7.11 Å².